The van der Waals surface area contributed by atoms with Gasteiger partial charge in [0.2, 0.25) is 5.91 Å². The standard InChI is InChI=1S/C12H14N4O3S/c17-12(16-3-5-20(18,19)6-4-16)7-11-14-9-1-2-13-8-10(9)15-11/h1-2,8H,3-7H2,(H,14,15). The highest BCUT2D eigenvalue weighted by Crippen LogP contribution is 2.11. The largest absolute Gasteiger partial charge is 0.340 e. The number of hydrogen-bond acceptors (Lipinski definition) is 5. The van der Waals surface area contributed by atoms with Crippen molar-refractivity contribution < 1.29 is 13.2 Å². The third kappa shape index (κ3) is 2.64. The molecule has 0 aromatic carbocycles. The van der Waals surface area contributed by atoms with Gasteiger partial charge in [0.15, 0.2) is 9.84 Å². The van der Waals surface area contributed by atoms with E-state index in [0.29, 0.717) is 5.82 Å². The van der Waals surface area contributed by atoms with E-state index in [2.05, 4.69) is 15.0 Å². The van der Waals surface area contributed by atoms with Crippen LogP contribution in [0.25, 0.3) is 11.0 Å². The average Bonchev–Trinajstić information content (AvgIpc) is 2.80. The number of amides is 1. The molecule has 0 unspecified atom stereocenters. The number of imidazole rings is 1. The molecule has 0 aliphatic carbocycles. The Bertz CT molecular complexity index is 706. The van der Waals surface area contributed by atoms with E-state index in [4.69, 9.17) is 0 Å². The molecule has 1 fully saturated rings. The Morgan fingerprint density at radius 3 is 2.80 bits per heavy atom. The molecule has 0 bridgehead atoms. The summed E-state index contributed by atoms with van der Waals surface area (Å²) in [7, 11) is -2.97. The van der Waals surface area contributed by atoms with Gasteiger partial charge in [-0.25, -0.2) is 13.4 Å². The maximum Gasteiger partial charge on any atom is 0.230 e. The fourth-order valence-electron chi connectivity index (χ4n) is 2.21. The topological polar surface area (TPSA) is 96.0 Å². The molecule has 1 aliphatic heterocycles. The van der Waals surface area contributed by atoms with E-state index in [1.54, 1.807) is 23.4 Å². The first-order valence-corrected chi connectivity index (χ1v) is 8.12. The Labute approximate surface area is 115 Å². The highest BCUT2D eigenvalue weighted by Gasteiger charge is 2.25. The molecule has 7 nitrogen and oxygen atoms in total. The van der Waals surface area contributed by atoms with Crippen molar-refractivity contribution in [2.45, 2.75) is 6.42 Å². The lowest BCUT2D eigenvalue weighted by Crippen LogP contribution is -2.44. The van der Waals surface area contributed by atoms with E-state index < -0.39 is 9.84 Å². The van der Waals surface area contributed by atoms with Gasteiger partial charge >= 0.3 is 0 Å². The normalized spacial score (nSPS) is 18.3. The Morgan fingerprint density at radius 1 is 1.35 bits per heavy atom. The summed E-state index contributed by atoms with van der Waals surface area (Å²) >= 11 is 0. The van der Waals surface area contributed by atoms with Crippen molar-refractivity contribution in [3.63, 3.8) is 0 Å². The highest BCUT2D eigenvalue weighted by molar-refractivity contribution is 7.91. The van der Waals surface area contributed by atoms with Gasteiger partial charge in [0.05, 0.1) is 35.2 Å². The summed E-state index contributed by atoms with van der Waals surface area (Å²) in [6.45, 7) is 0.534. The van der Waals surface area contributed by atoms with Crippen molar-refractivity contribution in [3.8, 4) is 0 Å². The van der Waals surface area contributed by atoms with Crippen LogP contribution in [0.1, 0.15) is 5.82 Å². The number of hydrogen-bond donors (Lipinski definition) is 1. The molecule has 0 saturated carbocycles. The van der Waals surface area contributed by atoms with Gasteiger partial charge in [0.1, 0.15) is 5.82 Å². The minimum Gasteiger partial charge on any atom is -0.340 e. The van der Waals surface area contributed by atoms with E-state index in [0.717, 1.165) is 11.0 Å². The van der Waals surface area contributed by atoms with Crippen LogP contribution in [0, 0.1) is 0 Å². The predicted molar refractivity (Wildman–Crippen MR) is 72.8 cm³/mol. The molecule has 2 aromatic rings. The molecular formula is C12H14N4O3S. The van der Waals surface area contributed by atoms with Gasteiger partial charge in [-0.1, -0.05) is 0 Å². The van der Waals surface area contributed by atoms with Crippen molar-refractivity contribution in [3.05, 3.63) is 24.3 Å². The van der Waals surface area contributed by atoms with Crippen LogP contribution in [-0.4, -0.2) is 58.8 Å². The Balaban J connectivity index is 1.70. The number of nitrogens with zero attached hydrogens (tertiary/aromatic N) is 3. The molecule has 3 heterocycles. The van der Waals surface area contributed by atoms with Gasteiger partial charge in [0, 0.05) is 19.3 Å². The summed E-state index contributed by atoms with van der Waals surface area (Å²) in [4.78, 5) is 25.0. The van der Waals surface area contributed by atoms with Gasteiger partial charge in [-0.05, 0) is 6.07 Å². The second-order valence-corrected chi connectivity index (χ2v) is 7.09. The van der Waals surface area contributed by atoms with Crippen LogP contribution >= 0.6 is 0 Å². The first-order chi connectivity index (χ1) is 9.53. The molecule has 1 saturated heterocycles. The molecule has 1 N–H and O–H groups in total. The van der Waals surface area contributed by atoms with Crippen molar-refractivity contribution in [1.29, 1.82) is 0 Å². The van der Waals surface area contributed by atoms with Crippen LogP contribution in [0.3, 0.4) is 0 Å². The number of pyridine rings is 1. The number of rotatable bonds is 2. The SMILES string of the molecule is O=C(Cc1nc2ccncc2[nH]1)N1CCS(=O)(=O)CC1. The van der Waals surface area contributed by atoms with Crippen molar-refractivity contribution in [2.75, 3.05) is 24.6 Å². The molecule has 0 spiro atoms. The number of aromatic amines is 1. The third-order valence-corrected chi connectivity index (χ3v) is 4.96. The first-order valence-electron chi connectivity index (χ1n) is 6.30. The zero-order valence-electron chi connectivity index (χ0n) is 10.7. The predicted octanol–water partition coefficient (Wildman–Crippen LogP) is -0.243. The third-order valence-electron chi connectivity index (χ3n) is 3.35. The van der Waals surface area contributed by atoms with Crippen LogP contribution in [0.4, 0.5) is 0 Å². The van der Waals surface area contributed by atoms with Crippen LogP contribution in [0.2, 0.25) is 0 Å². The lowest BCUT2D eigenvalue weighted by Gasteiger charge is -2.26. The molecule has 3 rings (SSSR count). The van der Waals surface area contributed by atoms with Gasteiger partial charge in [-0.3, -0.25) is 9.78 Å². The van der Waals surface area contributed by atoms with E-state index >= 15 is 0 Å². The zero-order chi connectivity index (χ0) is 14.2. The number of carbonyl (C=O) groups is 1. The molecule has 0 atom stereocenters. The monoisotopic (exact) mass is 294 g/mol. The van der Waals surface area contributed by atoms with Crippen LogP contribution in [0.5, 0.6) is 0 Å². The maximum atomic E-state index is 12.1. The minimum atomic E-state index is -2.97. The summed E-state index contributed by atoms with van der Waals surface area (Å²) in [5.74, 6) is 0.560. The molecule has 1 amide bonds. The summed E-state index contributed by atoms with van der Waals surface area (Å²) in [5.41, 5.74) is 1.56. The first kappa shape index (κ1) is 13.0. The summed E-state index contributed by atoms with van der Waals surface area (Å²) < 4.78 is 22.7. The van der Waals surface area contributed by atoms with Gasteiger partial charge in [-0.2, -0.15) is 0 Å². The lowest BCUT2D eigenvalue weighted by molar-refractivity contribution is -0.130. The lowest BCUT2D eigenvalue weighted by atomic mass is 10.3. The van der Waals surface area contributed by atoms with Crippen LogP contribution in [-0.2, 0) is 21.1 Å². The number of carbonyl (C=O) groups excluding carboxylic acids is 1. The number of fused-ring (bicyclic) bond motifs is 1. The summed E-state index contributed by atoms with van der Waals surface area (Å²) in [6.07, 6.45) is 3.45. The molecule has 0 radical (unpaired) electrons. The van der Waals surface area contributed by atoms with E-state index in [-0.39, 0.29) is 36.9 Å². The highest BCUT2D eigenvalue weighted by atomic mass is 32.2. The Morgan fingerprint density at radius 2 is 2.10 bits per heavy atom. The zero-order valence-corrected chi connectivity index (χ0v) is 11.6. The molecule has 8 heteroatoms. The van der Waals surface area contributed by atoms with E-state index in [1.165, 1.54) is 0 Å². The second-order valence-electron chi connectivity index (χ2n) is 4.79. The molecule has 2 aromatic heterocycles. The van der Waals surface area contributed by atoms with Crippen molar-refractivity contribution in [1.82, 2.24) is 19.9 Å². The van der Waals surface area contributed by atoms with E-state index in [9.17, 15) is 13.2 Å². The van der Waals surface area contributed by atoms with Crippen molar-refractivity contribution in [2.24, 2.45) is 0 Å². The van der Waals surface area contributed by atoms with Crippen LogP contribution in [0.15, 0.2) is 18.5 Å². The number of aromatic nitrogens is 3. The average molecular weight is 294 g/mol. The molecule has 106 valence electrons. The quantitative estimate of drug-likeness (QED) is 0.824. The van der Waals surface area contributed by atoms with Gasteiger partial charge in [0.25, 0.3) is 0 Å². The number of H-pyrrole nitrogens is 1. The summed E-state index contributed by atoms with van der Waals surface area (Å²) in [5, 5.41) is 0. The second kappa shape index (κ2) is 4.86. The van der Waals surface area contributed by atoms with Crippen molar-refractivity contribution >= 4 is 26.8 Å². The van der Waals surface area contributed by atoms with Gasteiger partial charge in [-0.15, -0.1) is 0 Å². The minimum absolute atomic E-state index is 0.0444. The number of sulfone groups is 1. The molecular weight excluding hydrogens is 280 g/mol. The fourth-order valence-corrected chi connectivity index (χ4v) is 3.41. The molecule has 1 aliphatic rings. The van der Waals surface area contributed by atoms with Crippen LogP contribution < -0.4 is 0 Å². The Hall–Kier alpha value is -1.96. The molecule has 20 heavy (non-hydrogen) atoms. The van der Waals surface area contributed by atoms with E-state index in [1.807, 2.05) is 0 Å². The number of nitrogens with one attached hydrogen (secondary N) is 1. The maximum absolute atomic E-state index is 12.1. The van der Waals surface area contributed by atoms with Gasteiger partial charge < -0.3 is 9.88 Å². The fraction of sp³-hybridized carbons (Fsp3) is 0.417. The Kier molecular flexibility index (Phi) is 3.17. The summed E-state index contributed by atoms with van der Waals surface area (Å²) in [6, 6.07) is 1.77. The smallest absolute Gasteiger partial charge is 0.230 e.